The molecule has 0 radical (unpaired) electrons. The standard InChI is InChI=1S/C32H27N7S2/c1-21-27(28(23-13-6-3-7-14-23)29(34-21)24-15-8-4-9-16-24)22(2)35-38-32-39(33)30(26-19-12-20-40-26)31(41-32)37-36-25-17-10-5-11-18-25/h3-20,34H,33H2,1-2H3. The number of azo groups is 1. The molecule has 0 unspecified atom stereocenters. The molecule has 0 fully saturated rings. The Balaban J connectivity index is 1.47. The van der Waals surface area contributed by atoms with Crippen LogP contribution in [0, 0.1) is 6.92 Å². The number of rotatable bonds is 7. The van der Waals surface area contributed by atoms with Crippen LogP contribution in [0.2, 0.25) is 0 Å². The van der Waals surface area contributed by atoms with Gasteiger partial charge in [0.1, 0.15) is 5.69 Å². The number of thiazole rings is 1. The number of nitrogen functional groups attached to an aromatic ring is 1. The van der Waals surface area contributed by atoms with Crippen LogP contribution in [0.3, 0.4) is 0 Å². The van der Waals surface area contributed by atoms with Crippen molar-refractivity contribution in [1.82, 2.24) is 9.66 Å². The van der Waals surface area contributed by atoms with Crippen LogP contribution < -0.4 is 10.6 Å². The highest BCUT2D eigenvalue weighted by molar-refractivity contribution is 7.16. The second kappa shape index (κ2) is 11.7. The molecule has 0 saturated carbocycles. The molecule has 3 heterocycles. The van der Waals surface area contributed by atoms with Crippen molar-refractivity contribution in [2.75, 3.05) is 5.84 Å². The van der Waals surface area contributed by atoms with Gasteiger partial charge < -0.3 is 10.8 Å². The number of nitrogens with zero attached hydrogens (tertiary/aromatic N) is 5. The predicted molar refractivity (Wildman–Crippen MR) is 171 cm³/mol. The van der Waals surface area contributed by atoms with Crippen molar-refractivity contribution < 1.29 is 0 Å². The number of aryl methyl sites for hydroxylation is 1. The van der Waals surface area contributed by atoms with Crippen LogP contribution in [0.5, 0.6) is 0 Å². The lowest BCUT2D eigenvalue weighted by atomic mass is 9.95. The van der Waals surface area contributed by atoms with Crippen LogP contribution in [0.1, 0.15) is 18.2 Å². The molecule has 0 aliphatic rings. The highest BCUT2D eigenvalue weighted by Crippen LogP contribution is 2.38. The molecule has 3 N–H and O–H groups in total. The number of benzene rings is 3. The Kier molecular flexibility index (Phi) is 7.53. The number of nitrogens with two attached hydrogens (primary N) is 1. The monoisotopic (exact) mass is 573 g/mol. The summed E-state index contributed by atoms with van der Waals surface area (Å²) in [4.78, 5) is 5.11. The summed E-state index contributed by atoms with van der Waals surface area (Å²) in [6.07, 6.45) is 0. The maximum Gasteiger partial charge on any atom is 0.231 e. The van der Waals surface area contributed by atoms with Crippen LogP contribution in [0.15, 0.2) is 129 Å². The topological polar surface area (TPSA) is 96.2 Å². The van der Waals surface area contributed by atoms with Crippen molar-refractivity contribution in [1.29, 1.82) is 0 Å². The van der Waals surface area contributed by atoms with Crippen molar-refractivity contribution in [3.8, 4) is 33.0 Å². The van der Waals surface area contributed by atoms with E-state index >= 15 is 0 Å². The third kappa shape index (κ3) is 5.45. The van der Waals surface area contributed by atoms with Crippen molar-refractivity contribution in [3.05, 3.63) is 125 Å². The highest BCUT2D eigenvalue weighted by Gasteiger charge is 2.20. The fourth-order valence-corrected chi connectivity index (χ4v) is 6.38. The highest BCUT2D eigenvalue weighted by atomic mass is 32.1. The first-order valence-electron chi connectivity index (χ1n) is 13.0. The number of aromatic amines is 1. The second-order valence-corrected chi connectivity index (χ2v) is 11.2. The average Bonchev–Trinajstić information content (AvgIpc) is 3.74. The Bertz CT molecular complexity index is 1900. The van der Waals surface area contributed by atoms with E-state index in [1.54, 1.807) is 16.0 Å². The molecule has 6 rings (SSSR count). The van der Waals surface area contributed by atoms with Crippen LogP contribution in [-0.2, 0) is 0 Å². The minimum absolute atomic E-state index is 0.521. The molecule has 0 saturated heterocycles. The Labute approximate surface area is 245 Å². The molecule has 6 aromatic rings. The normalized spacial score (nSPS) is 12.4. The summed E-state index contributed by atoms with van der Waals surface area (Å²) < 4.78 is 1.55. The number of hydrogen-bond donors (Lipinski definition) is 2. The van der Waals surface area contributed by atoms with Crippen LogP contribution in [0.25, 0.3) is 33.0 Å². The molecule has 3 aromatic carbocycles. The van der Waals surface area contributed by atoms with Crippen molar-refractivity contribution in [2.45, 2.75) is 13.8 Å². The molecule has 0 aliphatic heterocycles. The number of thiophene rings is 1. The Morgan fingerprint density at radius 3 is 2.12 bits per heavy atom. The van der Waals surface area contributed by atoms with Gasteiger partial charge in [-0.3, -0.25) is 0 Å². The maximum absolute atomic E-state index is 6.58. The van der Waals surface area contributed by atoms with Gasteiger partial charge in [-0.05, 0) is 48.6 Å². The lowest BCUT2D eigenvalue weighted by Crippen LogP contribution is -2.23. The fraction of sp³-hybridized carbons (Fsp3) is 0.0625. The predicted octanol–water partition coefficient (Wildman–Crippen LogP) is 8.70. The van der Waals surface area contributed by atoms with E-state index < -0.39 is 0 Å². The summed E-state index contributed by atoms with van der Waals surface area (Å²) in [5, 5.41) is 21.0. The summed E-state index contributed by atoms with van der Waals surface area (Å²) in [5.74, 6) is 6.58. The largest absolute Gasteiger partial charge is 0.358 e. The zero-order valence-electron chi connectivity index (χ0n) is 22.5. The van der Waals surface area contributed by atoms with Gasteiger partial charge in [-0.15, -0.1) is 26.7 Å². The quantitative estimate of drug-likeness (QED) is 0.0849. The smallest absolute Gasteiger partial charge is 0.231 e. The molecule has 0 atom stereocenters. The molecule has 202 valence electrons. The maximum atomic E-state index is 6.58. The van der Waals surface area contributed by atoms with Crippen molar-refractivity contribution >= 4 is 39.1 Å². The van der Waals surface area contributed by atoms with Crippen molar-refractivity contribution in [3.63, 3.8) is 0 Å². The van der Waals surface area contributed by atoms with Crippen LogP contribution in [0.4, 0.5) is 10.7 Å². The molecule has 3 aromatic heterocycles. The lowest BCUT2D eigenvalue weighted by Gasteiger charge is -2.08. The second-order valence-electron chi connectivity index (χ2n) is 9.31. The number of H-pyrrole nitrogens is 1. The molecule has 7 nitrogen and oxygen atoms in total. The van der Waals surface area contributed by atoms with Gasteiger partial charge in [0.2, 0.25) is 4.80 Å². The Morgan fingerprint density at radius 1 is 0.805 bits per heavy atom. The molecular weight excluding hydrogens is 547 g/mol. The van der Waals surface area contributed by atoms with E-state index in [1.165, 1.54) is 11.3 Å². The van der Waals surface area contributed by atoms with E-state index in [2.05, 4.69) is 51.5 Å². The fourth-order valence-electron chi connectivity index (χ4n) is 4.71. The molecule has 0 spiro atoms. The van der Waals surface area contributed by atoms with E-state index in [9.17, 15) is 0 Å². The average molecular weight is 574 g/mol. The van der Waals surface area contributed by atoms with E-state index in [4.69, 9.17) is 10.9 Å². The number of nitrogens with one attached hydrogen (secondary N) is 1. The van der Waals surface area contributed by atoms with Gasteiger partial charge in [0, 0.05) is 16.8 Å². The van der Waals surface area contributed by atoms with E-state index in [0.29, 0.717) is 9.80 Å². The van der Waals surface area contributed by atoms with E-state index in [1.807, 2.05) is 91.2 Å². The Morgan fingerprint density at radius 2 is 1.46 bits per heavy atom. The van der Waals surface area contributed by atoms with Gasteiger partial charge in [-0.25, -0.2) is 4.68 Å². The molecule has 0 bridgehead atoms. The van der Waals surface area contributed by atoms with Crippen LogP contribution in [-0.4, -0.2) is 15.4 Å². The summed E-state index contributed by atoms with van der Waals surface area (Å²) in [6.45, 7) is 4.05. The number of aromatic nitrogens is 2. The van der Waals surface area contributed by atoms with Gasteiger partial charge in [-0.2, -0.15) is 5.10 Å². The zero-order valence-corrected chi connectivity index (χ0v) is 24.2. The summed E-state index contributed by atoms with van der Waals surface area (Å²) in [6, 6.07) is 34.3. The minimum Gasteiger partial charge on any atom is -0.358 e. The molecule has 9 heteroatoms. The Hall–Kier alpha value is -4.86. The lowest BCUT2D eigenvalue weighted by molar-refractivity contribution is 0.929. The third-order valence-electron chi connectivity index (χ3n) is 6.56. The van der Waals surface area contributed by atoms with Gasteiger partial charge in [0.15, 0.2) is 5.00 Å². The van der Waals surface area contributed by atoms with Gasteiger partial charge >= 0.3 is 0 Å². The molecular formula is C32H27N7S2. The van der Waals surface area contributed by atoms with Gasteiger partial charge in [0.05, 0.1) is 22.0 Å². The van der Waals surface area contributed by atoms with E-state index in [-0.39, 0.29) is 0 Å². The van der Waals surface area contributed by atoms with Crippen LogP contribution >= 0.6 is 22.7 Å². The molecule has 0 aliphatic carbocycles. The molecule has 41 heavy (non-hydrogen) atoms. The first kappa shape index (κ1) is 26.4. The van der Waals surface area contributed by atoms with Gasteiger partial charge in [0.25, 0.3) is 0 Å². The SMILES string of the molecule is CC(=NN=c1sc(N=Nc2ccccc2)c(-c2cccs2)n1N)c1c(C)[nH]c(-c2ccccc2)c1-c1ccccc1. The first-order valence-corrected chi connectivity index (χ1v) is 14.7. The first-order chi connectivity index (χ1) is 20.1. The van der Waals surface area contributed by atoms with Gasteiger partial charge in [-0.1, -0.05) is 96.3 Å². The molecule has 0 amide bonds. The summed E-state index contributed by atoms with van der Waals surface area (Å²) >= 11 is 2.94. The van der Waals surface area contributed by atoms with Crippen molar-refractivity contribution in [2.24, 2.45) is 20.4 Å². The summed E-state index contributed by atoms with van der Waals surface area (Å²) in [5.41, 5.74) is 8.68. The summed E-state index contributed by atoms with van der Waals surface area (Å²) in [7, 11) is 0. The zero-order chi connectivity index (χ0) is 28.2. The minimum atomic E-state index is 0.521. The number of hydrogen-bond acceptors (Lipinski definition) is 7. The van der Waals surface area contributed by atoms with E-state index in [0.717, 1.165) is 55.6 Å². The third-order valence-corrected chi connectivity index (χ3v) is 8.37.